The van der Waals surface area contributed by atoms with Crippen molar-refractivity contribution in [2.24, 2.45) is 5.92 Å². The number of nitro benzene ring substituents is 1. The summed E-state index contributed by atoms with van der Waals surface area (Å²) in [4.78, 5) is 21.9. The van der Waals surface area contributed by atoms with Gasteiger partial charge in [0, 0.05) is 18.2 Å². The Balaban J connectivity index is 2.64. The van der Waals surface area contributed by atoms with Crippen molar-refractivity contribution < 1.29 is 19.2 Å². The summed E-state index contributed by atoms with van der Waals surface area (Å²) in [5.41, 5.74) is -0.150. The van der Waals surface area contributed by atoms with Crippen molar-refractivity contribution in [3.05, 3.63) is 28.3 Å². The number of hydrogen-bond donors (Lipinski definition) is 1. The first-order valence-electron chi connectivity index (χ1n) is 6.59. The molecule has 0 aliphatic heterocycles. The molecule has 1 atom stereocenters. The summed E-state index contributed by atoms with van der Waals surface area (Å²) >= 11 is 0. The van der Waals surface area contributed by atoms with E-state index >= 15 is 0 Å². The SMILES string of the molecule is COc1cc(OCC(=O)N[C@@H](C)C(C)C)ccc1[N+](=O)[O-]. The second kappa shape index (κ2) is 7.47. The van der Waals surface area contributed by atoms with Gasteiger partial charge < -0.3 is 14.8 Å². The van der Waals surface area contributed by atoms with E-state index in [1.165, 1.54) is 25.3 Å². The molecule has 0 saturated heterocycles. The maximum Gasteiger partial charge on any atom is 0.311 e. The van der Waals surface area contributed by atoms with Gasteiger partial charge in [-0.25, -0.2) is 0 Å². The number of carbonyl (C=O) groups excluding carboxylic acids is 1. The second-order valence-corrected chi connectivity index (χ2v) is 4.98. The van der Waals surface area contributed by atoms with E-state index in [-0.39, 0.29) is 30.0 Å². The van der Waals surface area contributed by atoms with Crippen LogP contribution in [0.5, 0.6) is 11.5 Å². The number of ether oxygens (including phenoxy) is 2. The molecule has 0 aromatic heterocycles. The first-order valence-corrected chi connectivity index (χ1v) is 6.59. The fraction of sp³-hybridized carbons (Fsp3) is 0.500. The third kappa shape index (κ3) is 4.94. The van der Waals surface area contributed by atoms with Crippen LogP contribution in [0.15, 0.2) is 18.2 Å². The van der Waals surface area contributed by atoms with Gasteiger partial charge >= 0.3 is 5.69 Å². The highest BCUT2D eigenvalue weighted by molar-refractivity contribution is 5.77. The van der Waals surface area contributed by atoms with Crippen LogP contribution in [0.4, 0.5) is 5.69 Å². The first kappa shape index (κ1) is 16.7. The largest absolute Gasteiger partial charge is 0.490 e. The Morgan fingerprint density at radius 2 is 2.05 bits per heavy atom. The van der Waals surface area contributed by atoms with Gasteiger partial charge in [-0.1, -0.05) is 13.8 Å². The number of nitro groups is 1. The van der Waals surface area contributed by atoms with Crippen molar-refractivity contribution in [3.8, 4) is 11.5 Å². The molecule has 0 heterocycles. The molecular formula is C14H20N2O5. The van der Waals surface area contributed by atoms with E-state index in [1.807, 2.05) is 20.8 Å². The van der Waals surface area contributed by atoms with Gasteiger partial charge in [0.2, 0.25) is 5.75 Å². The molecule has 1 rings (SSSR count). The fourth-order valence-corrected chi connectivity index (χ4v) is 1.51. The van der Waals surface area contributed by atoms with E-state index in [2.05, 4.69) is 5.32 Å². The number of methoxy groups -OCH3 is 1. The molecule has 0 aliphatic rings. The Bertz CT molecular complexity index is 516. The summed E-state index contributed by atoms with van der Waals surface area (Å²) in [7, 11) is 1.34. The van der Waals surface area contributed by atoms with Gasteiger partial charge in [0.25, 0.3) is 5.91 Å². The van der Waals surface area contributed by atoms with Crippen LogP contribution in [-0.2, 0) is 4.79 Å². The van der Waals surface area contributed by atoms with E-state index in [4.69, 9.17) is 9.47 Å². The van der Waals surface area contributed by atoms with Gasteiger partial charge in [0.05, 0.1) is 12.0 Å². The Morgan fingerprint density at radius 3 is 2.57 bits per heavy atom. The number of carbonyl (C=O) groups is 1. The van der Waals surface area contributed by atoms with Gasteiger partial charge in [0.15, 0.2) is 6.61 Å². The predicted octanol–water partition coefficient (Wildman–Crippen LogP) is 2.14. The molecule has 1 aromatic rings. The van der Waals surface area contributed by atoms with Crippen molar-refractivity contribution in [3.63, 3.8) is 0 Å². The summed E-state index contributed by atoms with van der Waals surface area (Å²) in [6.45, 7) is 5.77. The lowest BCUT2D eigenvalue weighted by Crippen LogP contribution is -2.38. The van der Waals surface area contributed by atoms with Crippen molar-refractivity contribution >= 4 is 11.6 Å². The van der Waals surface area contributed by atoms with Crippen LogP contribution in [-0.4, -0.2) is 30.6 Å². The van der Waals surface area contributed by atoms with Gasteiger partial charge in [-0.15, -0.1) is 0 Å². The highest BCUT2D eigenvalue weighted by atomic mass is 16.6. The minimum atomic E-state index is -0.542. The summed E-state index contributed by atoms with van der Waals surface area (Å²) in [5.74, 6) is 0.514. The van der Waals surface area contributed by atoms with Gasteiger partial charge in [-0.2, -0.15) is 0 Å². The lowest BCUT2D eigenvalue weighted by atomic mass is 10.1. The number of benzene rings is 1. The van der Waals surface area contributed by atoms with Gasteiger partial charge in [-0.3, -0.25) is 14.9 Å². The zero-order valence-corrected chi connectivity index (χ0v) is 12.6. The normalized spacial score (nSPS) is 11.9. The maximum absolute atomic E-state index is 11.7. The Kier molecular flexibility index (Phi) is 5.95. The van der Waals surface area contributed by atoms with Crippen LogP contribution in [0.1, 0.15) is 20.8 Å². The Hall–Kier alpha value is -2.31. The summed E-state index contributed by atoms with van der Waals surface area (Å²) in [5, 5.41) is 13.6. The number of rotatable bonds is 7. The van der Waals surface area contributed by atoms with Crippen LogP contribution >= 0.6 is 0 Å². The molecule has 0 fully saturated rings. The number of nitrogens with zero attached hydrogens (tertiary/aromatic N) is 1. The monoisotopic (exact) mass is 296 g/mol. The average molecular weight is 296 g/mol. The van der Waals surface area contributed by atoms with Crippen LogP contribution in [0.2, 0.25) is 0 Å². The fourth-order valence-electron chi connectivity index (χ4n) is 1.51. The third-order valence-corrected chi connectivity index (χ3v) is 3.11. The number of nitrogens with one attached hydrogen (secondary N) is 1. The van der Waals surface area contributed by atoms with E-state index in [0.717, 1.165) is 0 Å². The summed E-state index contributed by atoms with van der Waals surface area (Å²) in [6.07, 6.45) is 0. The predicted molar refractivity (Wildman–Crippen MR) is 77.6 cm³/mol. The highest BCUT2D eigenvalue weighted by Gasteiger charge is 2.16. The quantitative estimate of drug-likeness (QED) is 0.615. The van der Waals surface area contributed by atoms with Crippen LogP contribution in [0.25, 0.3) is 0 Å². The standard InChI is InChI=1S/C14H20N2O5/c1-9(2)10(3)15-14(17)8-21-11-5-6-12(16(18)19)13(7-11)20-4/h5-7,9-10H,8H2,1-4H3,(H,15,17)/t10-/m0/s1. The minimum Gasteiger partial charge on any atom is -0.490 e. The zero-order chi connectivity index (χ0) is 16.0. The molecule has 0 unspecified atom stereocenters. The molecule has 0 saturated carbocycles. The number of amides is 1. The van der Waals surface area contributed by atoms with Gasteiger partial charge in [0.1, 0.15) is 5.75 Å². The minimum absolute atomic E-state index is 0.0486. The van der Waals surface area contributed by atoms with Crippen LogP contribution in [0.3, 0.4) is 0 Å². The average Bonchev–Trinajstić information content (AvgIpc) is 2.44. The topological polar surface area (TPSA) is 90.7 Å². The molecule has 7 nitrogen and oxygen atoms in total. The molecule has 7 heteroatoms. The van der Waals surface area contributed by atoms with Crippen molar-refractivity contribution in [2.45, 2.75) is 26.8 Å². The number of hydrogen-bond acceptors (Lipinski definition) is 5. The van der Waals surface area contributed by atoms with Gasteiger partial charge in [-0.05, 0) is 18.9 Å². The highest BCUT2D eigenvalue weighted by Crippen LogP contribution is 2.30. The van der Waals surface area contributed by atoms with Crippen LogP contribution in [0, 0.1) is 16.0 Å². The summed E-state index contributed by atoms with van der Waals surface area (Å²) < 4.78 is 10.2. The van der Waals surface area contributed by atoms with Crippen molar-refractivity contribution in [2.75, 3.05) is 13.7 Å². The van der Waals surface area contributed by atoms with Crippen molar-refractivity contribution in [1.29, 1.82) is 0 Å². The molecule has 0 bridgehead atoms. The molecule has 116 valence electrons. The molecule has 1 aromatic carbocycles. The molecule has 1 amide bonds. The zero-order valence-electron chi connectivity index (χ0n) is 12.6. The molecule has 0 radical (unpaired) electrons. The summed E-state index contributed by atoms with van der Waals surface area (Å²) in [6, 6.07) is 4.15. The Morgan fingerprint density at radius 1 is 1.38 bits per heavy atom. The molecule has 0 spiro atoms. The second-order valence-electron chi connectivity index (χ2n) is 4.98. The van der Waals surface area contributed by atoms with E-state index < -0.39 is 4.92 Å². The van der Waals surface area contributed by atoms with E-state index in [1.54, 1.807) is 0 Å². The first-order chi connectivity index (χ1) is 9.85. The lowest BCUT2D eigenvalue weighted by Gasteiger charge is -2.17. The van der Waals surface area contributed by atoms with E-state index in [0.29, 0.717) is 11.7 Å². The molecule has 21 heavy (non-hydrogen) atoms. The maximum atomic E-state index is 11.7. The molecular weight excluding hydrogens is 276 g/mol. The third-order valence-electron chi connectivity index (χ3n) is 3.11. The smallest absolute Gasteiger partial charge is 0.311 e. The molecule has 1 N–H and O–H groups in total. The van der Waals surface area contributed by atoms with Crippen molar-refractivity contribution in [1.82, 2.24) is 5.32 Å². The van der Waals surface area contributed by atoms with Crippen LogP contribution < -0.4 is 14.8 Å². The Labute approximate surface area is 123 Å². The van der Waals surface area contributed by atoms with E-state index in [9.17, 15) is 14.9 Å². The lowest BCUT2D eigenvalue weighted by molar-refractivity contribution is -0.385. The molecule has 0 aliphatic carbocycles.